The molecule has 7 nitrogen and oxygen atoms in total. The van der Waals surface area contributed by atoms with Crippen LogP contribution in [0.1, 0.15) is 37.3 Å². The van der Waals surface area contributed by atoms with E-state index in [4.69, 9.17) is 0 Å². The Morgan fingerprint density at radius 2 is 2.06 bits per heavy atom. The minimum Gasteiger partial charge on any atom is -0.395 e. The van der Waals surface area contributed by atoms with Gasteiger partial charge >= 0.3 is 0 Å². The molecule has 0 aliphatic carbocycles. The van der Waals surface area contributed by atoms with Crippen LogP contribution >= 0.6 is 11.8 Å². The summed E-state index contributed by atoms with van der Waals surface area (Å²) < 4.78 is -0.618. The van der Waals surface area contributed by atoms with Crippen molar-refractivity contribution in [2.24, 2.45) is 11.8 Å². The maximum atomic E-state index is 13.6. The first-order valence-corrected chi connectivity index (χ1v) is 12.0. The number of rotatable bonds is 7. The van der Waals surface area contributed by atoms with Crippen molar-refractivity contribution < 1.29 is 19.5 Å². The summed E-state index contributed by atoms with van der Waals surface area (Å²) in [6.07, 6.45) is 2.37. The van der Waals surface area contributed by atoms with E-state index in [0.717, 1.165) is 36.1 Å². The zero-order valence-electron chi connectivity index (χ0n) is 18.3. The standard InChI is InChI=1S/C23H31N3O4S/c1-4-9-24-20(28)17-16-7-8-23(31-16)18(17)22(30)26(10-11-27)19(23)21(29)25-15-12-13(2)5-6-14(15)3/h5-6,12,16-19,27H,4,7-11H2,1-3H3,(H,24,28)(H,25,29)/t16-,17+,18-,19?,23?/m0/s1. The Labute approximate surface area is 187 Å². The van der Waals surface area contributed by atoms with Gasteiger partial charge in [0.2, 0.25) is 17.7 Å². The van der Waals surface area contributed by atoms with Gasteiger partial charge in [-0.05, 0) is 50.3 Å². The molecule has 1 aromatic rings. The largest absolute Gasteiger partial charge is 0.395 e. The summed E-state index contributed by atoms with van der Waals surface area (Å²) in [6.45, 7) is 6.35. The maximum absolute atomic E-state index is 13.6. The molecule has 0 radical (unpaired) electrons. The number of hydrogen-bond donors (Lipinski definition) is 3. The second kappa shape index (κ2) is 8.47. The Balaban J connectivity index is 1.67. The monoisotopic (exact) mass is 445 g/mol. The lowest BCUT2D eigenvalue weighted by Crippen LogP contribution is -2.52. The number of likely N-dealkylation sites (tertiary alicyclic amines) is 1. The van der Waals surface area contributed by atoms with Gasteiger partial charge in [0.05, 0.1) is 23.2 Å². The molecule has 2 bridgehead atoms. The van der Waals surface area contributed by atoms with E-state index < -0.39 is 22.6 Å². The highest BCUT2D eigenvalue weighted by atomic mass is 32.2. The molecule has 5 atom stereocenters. The smallest absolute Gasteiger partial charge is 0.248 e. The van der Waals surface area contributed by atoms with Crippen molar-refractivity contribution in [3.63, 3.8) is 0 Å². The topological polar surface area (TPSA) is 98.7 Å². The van der Waals surface area contributed by atoms with Crippen LogP contribution in [0.15, 0.2) is 18.2 Å². The summed E-state index contributed by atoms with van der Waals surface area (Å²) in [7, 11) is 0. The van der Waals surface area contributed by atoms with Crippen molar-refractivity contribution in [3.8, 4) is 0 Å². The van der Waals surface area contributed by atoms with Crippen LogP contribution in [0.2, 0.25) is 0 Å². The predicted molar refractivity (Wildman–Crippen MR) is 121 cm³/mol. The van der Waals surface area contributed by atoms with Crippen LogP contribution in [0.25, 0.3) is 0 Å². The van der Waals surface area contributed by atoms with Crippen molar-refractivity contribution in [2.75, 3.05) is 25.0 Å². The summed E-state index contributed by atoms with van der Waals surface area (Å²) >= 11 is 1.64. The quantitative estimate of drug-likeness (QED) is 0.595. The zero-order valence-corrected chi connectivity index (χ0v) is 19.1. The van der Waals surface area contributed by atoms with Crippen molar-refractivity contribution >= 4 is 35.2 Å². The average Bonchev–Trinajstić information content (AvgIpc) is 3.37. The third-order valence-electron chi connectivity index (χ3n) is 6.89. The first kappa shape index (κ1) is 22.1. The number of nitrogens with one attached hydrogen (secondary N) is 2. The van der Waals surface area contributed by atoms with Gasteiger partial charge in [-0.3, -0.25) is 14.4 Å². The molecule has 1 aromatic carbocycles. The molecule has 2 unspecified atom stereocenters. The second-order valence-electron chi connectivity index (χ2n) is 8.91. The summed E-state index contributed by atoms with van der Waals surface area (Å²) in [5.41, 5.74) is 2.72. The number of aliphatic hydroxyl groups is 1. The van der Waals surface area contributed by atoms with Gasteiger partial charge in [0.25, 0.3) is 0 Å². The number of nitrogens with zero attached hydrogens (tertiary/aromatic N) is 1. The summed E-state index contributed by atoms with van der Waals surface area (Å²) in [5.74, 6) is -1.44. The average molecular weight is 446 g/mol. The molecule has 0 aromatic heterocycles. The zero-order chi connectivity index (χ0) is 22.3. The fourth-order valence-corrected chi connectivity index (χ4v) is 7.76. The third kappa shape index (κ3) is 3.53. The molecule has 4 rings (SSSR count). The molecule has 168 valence electrons. The minimum atomic E-state index is -0.698. The molecule has 3 aliphatic heterocycles. The van der Waals surface area contributed by atoms with Crippen LogP contribution in [-0.2, 0) is 14.4 Å². The number of fused-ring (bicyclic) bond motifs is 1. The van der Waals surface area contributed by atoms with Gasteiger partial charge in [-0.2, -0.15) is 0 Å². The van der Waals surface area contributed by atoms with E-state index in [1.54, 1.807) is 11.8 Å². The van der Waals surface area contributed by atoms with E-state index in [2.05, 4.69) is 10.6 Å². The van der Waals surface area contributed by atoms with Gasteiger partial charge in [-0.15, -0.1) is 11.8 Å². The Kier molecular flexibility index (Phi) is 6.05. The number of carbonyl (C=O) groups excluding carboxylic acids is 3. The molecule has 8 heteroatoms. The normalized spacial score (nSPS) is 31.1. The lowest BCUT2D eigenvalue weighted by atomic mass is 9.70. The molecule has 3 heterocycles. The van der Waals surface area contributed by atoms with Gasteiger partial charge in [-0.25, -0.2) is 0 Å². The van der Waals surface area contributed by atoms with Gasteiger partial charge in [0, 0.05) is 24.0 Å². The van der Waals surface area contributed by atoms with Gasteiger partial charge in [0.1, 0.15) is 6.04 Å². The molecule has 3 N–H and O–H groups in total. The van der Waals surface area contributed by atoms with E-state index >= 15 is 0 Å². The molecule has 0 saturated carbocycles. The van der Waals surface area contributed by atoms with Gasteiger partial charge in [0.15, 0.2) is 0 Å². The van der Waals surface area contributed by atoms with Gasteiger partial charge in [-0.1, -0.05) is 19.1 Å². The number of amides is 3. The van der Waals surface area contributed by atoms with Crippen molar-refractivity contribution in [2.45, 2.75) is 56.1 Å². The van der Waals surface area contributed by atoms with E-state index in [1.165, 1.54) is 4.90 Å². The van der Waals surface area contributed by atoms with Crippen molar-refractivity contribution in [3.05, 3.63) is 29.3 Å². The Morgan fingerprint density at radius 1 is 1.29 bits per heavy atom. The van der Waals surface area contributed by atoms with Crippen LogP contribution in [0.3, 0.4) is 0 Å². The van der Waals surface area contributed by atoms with Crippen LogP contribution in [-0.4, -0.2) is 63.5 Å². The molecule has 3 saturated heterocycles. The third-order valence-corrected chi connectivity index (χ3v) is 8.84. The van der Waals surface area contributed by atoms with Crippen LogP contribution in [0.5, 0.6) is 0 Å². The number of β-amino-alcohol motifs (C(OH)–C–C–N with tert-alkyl or cyclic N) is 1. The number of hydrogen-bond acceptors (Lipinski definition) is 5. The minimum absolute atomic E-state index is 0.0538. The predicted octanol–water partition coefficient (Wildman–Crippen LogP) is 1.85. The van der Waals surface area contributed by atoms with Crippen LogP contribution < -0.4 is 10.6 Å². The highest BCUT2D eigenvalue weighted by Crippen LogP contribution is 2.66. The fraction of sp³-hybridized carbons (Fsp3) is 0.609. The summed E-state index contributed by atoms with van der Waals surface area (Å²) in [6, 6.07) is 5.18. The van der Waals surface area contributed by atoms with E-state index in [9.17, 15) is 19.5 Å². The first-order chi connectivity index (χ1) is 14.8. The van der Waals surface area contributed by atoms with Crippen LogP contribution in [0.4, 0.5) is 5.69 Å². The summed E-state index contributed by atoms with van der Waals surface area (Å²) in [4.78, 5) is 41.5. The number of aryl methyl sites for hydroxylation is 2. The van der Waals surface area contributed by atoms with Crippen molar-refractivity contribution in [1.29, 1.82) is 0 Å². The Bertz CT molecular complexity index is 907. The lowest BCUT2D eigenvalue weighted by molar-refractivity contribution is -0.139. The first-order valence-electron chi connectivity index (χ1n) is 11.1. The van der Waals surface area contributed by atoms with E-state index in [0.29, 0.717) is 6.54 Å². The molecule has 3 aliphatic rings. The molecular weight excluding hydrogens is 414 g/mol. The van der Waals surface area contributed by atoms with Gasteiger partial charge < -0.3 is 20.6 Å². The molecular formula is C23H31N3O4S. The van der Waals surface area contributed by atoms with E-state index in [-0.39, 0.29) is 36.1 Å². The van der Waals surface area contributed by atoms with Crippen LogP contribution in [0, 0.1) is 25.7 Å². The molecule has 3 fully saturated rings. The highest BCUT2D eigenvalue weighted by molar-refractivity contribution is 8.02. The van der Waals surface area contributed by atoms with Crippen molar-refractivity contribution in [1.82, 2.24) is 10.2 Å². The molecule has 31 heavy (non-hydrogen) atoms. The number of aliphatic hydroxyl groups excluding tert-OH is 1. The highest BCUT2D eigenvalue weighted by Gasteiger charge is 2.73. The molecule has 1 spiro atoms. The number of carbonyl (C=O) groups is 3. The second-order valence-corrected chi connectivity index (χ2v) is 10.5. The lowest BCUT2D eigenvalue weighted by Gasteiger charge is -2.34. The fourth-order valence-electron chi connectivity index (χ4n) is 5.54. The Hall–Kier alpha value is -2.06. The SMILES string of the molecule is CCCNC(=O)[C@@H]1[C@@H]2CCC3(S2)C(C(=O)Nc2cc(C)ccc2C)N(CCO)C(=O)[C@H]13. The Morgan fingerprint density at radius 3 is 2.77 bits per heavy atom. The van der Waals surface area contributed by atoms with E-state index in [1.807, 2.05) is 39.0 Å². The maximum Gasteiger partial charge on any atom is 0.248 e. The number of benzene rings is 1. The number of thioether (sulfide) groups is 1. The number of anilines is 1. The summed E-state index contributed by atoms with van der Waals surface area (Å²) in [5, 5.41) is 15.7. The molecule has 3 amide bonds.